The molecule has 88 valence electrons. The van der Waals surface area contributed by atoms with Crippen molar-refractivity contribution in [3.63, 3.8) is 0 Å². The van der Waals surface area contributed by atoms with Gasteiger partial charge >= 0.3 is 0 Å². The molecule has 1 N–H and O–H groups in total. The van der Waals surface area contributed by atoms with Gasteiger partial charge in [-0.3, -0.25) is 0 Å². The van der Waals surface area contributed by atoms with Crippen molar-refractivity contribution in [1.82, 2.24) is 5.32 Å². The van der Waals surface area contributed by atoms with E-state index in [-0.39, 0.29) is 0 Å². The molecule has 2 aliphatic rings. The Morgan fingerprint density at radius 3 is 2.40 bits per heavy atom. The van der Waals surface area contributed by atoms with E-state index in [1.165, 1.54) is 51.4 Å². The Bertz CT molecular complexity index is 190. The molecule has 0 aromatic rings. The molecule has 1 heteroatoms. The minimum atomic E-state index is 0.706. The lowest BCUT2D eigenvalue weighted by Crippen LogP contribution is -2.36. The summed E-state index contributed by atoms with van der Waals surface area (Å²) in [6, 6.07) is 0.754. The average Bonchev–Trinajstić information content (AvgIpc) is 3.01. The lowest BCUT2D eigenvalue weighted by molar-refractivity contribution is 0.235. The molecule has 2 aliphatic carbocycles. The molecule has 0 bridgehead atoms. The highest BCUT2D eigenvalue weighted by molar-refractivity contribution is 5.01. The molecular formula is C14H27N. The van der Waals surface area contributed by atoms with Crippen molar-refractivity contribution in [3.8, 4) is 0 Å². The summed E-state index contributed by atoms with van der Waals surface area (Å²) in [6.07, 6.45) is 12.0. The van der Waals surface area contributed by atoms with E-state index >= 15 is 0 Å². The Kier molecular flexibility index (Phi) is 3.71. The molecule has 15 heavy (non-hydrogen) atoms. The highest BCUT2D eigenvalue weighted by Crippen LogP contribution is 2.54. The van der Waals surface area contributed by atoms with Crippen LogP contribution >= 0.6 is 0 Å². The lowest BCUT2D eigenvalue weighted by Gasteiger charge is -2.30. The van der Waals surface area contributed by atoms with Crippen molar-refractivity contribution in [2.75, 3.05) is 6.54 Å². The molecule has 0 radical (unpaired) electrons. The number of rotatable bonds is 5. The zero-order valence-electron chi connectivity index (χ0n) is 10.5. The van der Waals surface area contributed by atoms with E-state index in [4.69, 9.17) is 0 Å². The van der Waals surface area contributed by atoms with Crippen LogP contribution < -0.4 is 5.32 Å². The second-order valence-electron chi connectivity index (χ2n) is 5.85. The molecule has 0 spiro atoms. The van der Waals surface area contributed by atoms with Gasteiger partial charge in [-0.2, -0.15) is 0 Å². The molecule has 1 nitrogen and oxygen atoms in total. The van der Waals surface area contributed by atoms with Crippen LogP contribution in [0.25, 0.3) is 0 Å². The summed E-state index contributed by atoms with van der Waals surface area (Å²) < 4.78 is 0. The summed E-state index contributed by atoms with van der Waals surface area (Å²) in [5.74, 6) is 1.06. The van der Waals surface area contributed by atoms with Crippen molar-refractivity contribution < 1.29 is 0 Å². The number of hydrogen-bond donors (Lipinski definition) is 1. The summed E-state index contributed by atoms with van der Waals surface area (Å²) in [6.45, 7) is 5.76. The molecule has 1 unspecified atom stereocenters. The highest BCUT2D eigenvalue weighted by atomic mass is 14.9. The van der Waals surface area contributed by atoms with Crippen LogP contribution in [-0.2, 0) is 0 Å². The van der Waals surface area contributed by atoms with Crippen LogP contribution in [-0.4, -0.2) is 12.6 Å². The van der Waals surface area contributed by atoms with E-state index in [1.54, 1.807) is 0 Å². The number of hydrogen-bond acceptors (Lipinski definition) is 1. The van der Waals surface area contributed by atoms with Crippen molar-refractivity contribution in [1.29, 1.82) is 0 Å². The van der Waals surface area contributed by atoms with Crippen LogP contribution in [0.4, 0.5) is 0 Å². The first-order chi connectivity index (χ1) is 7.27. The Labute approximate surface area is 95.0 Å². The average molecular weight is 209 g/mol. The molecule has 0 aromatic carbocycles. The van der Waals surface area contributed by atoms with E-state index in [0.29, 0.717) is 5.41 Å². The third-order valence-corrected chi connectivity index (χ3v) is 4.74. The van der Waals surface area contributed by atoms with Gasteiger partial charge in [0.15, 0.2) is 0 Å². The standard InChI is InChI=1S/C14H27N/c1-3-15-12(2)14(9-10-14)11-13-7-5-4-6-8-13/h12-13,15H,3-11H2,1-2H3. The molecule has 0 amide bonds. The normalized spacial score (nSPS) is 27.6. The van der Waals surface area contributed by atoms with Gasteiger partial charge in [-0.1, -0.05) is 39.0 Å². The first-order valence-corrected chi connectivity index (χ1v) is 7.00. The zero-order chi connectivity index (χ0) is 10.7. The fourth-order valence-electron chi connectivity index (χ4n) is 3.46. The maximum Gasteiger partial charge on any atom is 0.00951 e. The fourth-order valence-corrected chi connectivity index (χ4v) is 3.46. The van der Waals surface area contributed by atoms with Crippen LogP contribution in [0.1, 0.15) is 65.2 Å². The molecule has 0 heterocycles. The minimum absolute atomic E-state index is 0.706. The van der Waals surface area contributed by atoms with Gasteiger partial charge in [-0.25, -0.2) is 0 Å². The van der Waals surface area contributed by atoms with Crippen LogP contribution in [0, 0.1) is 11.3 Å². The topological polar surface area (TPSA) is 12.0 Å². The SMILES string of the molecule is CCNC(C)C1(CC2CCCCC2)CC1. The molecule has 0 aliphatic heterocycles. The molecular weight excluding hydrogens is 182 g/mol. The Morgan fingerprint density at radius 1 is 1.20 bits per heavy atom. The molecule has 1 atom stereocenters. The van der Waals surface area contributed by atoms with Gasteiger partial charge in [-0.15, -0.1) is 0 Å². The maximum atomic E-state index is 3.64. The molecule has 0 saturated heterocycles. The predicted octanol–water partition coefficient (Wildman–Crippen LogP) is 3.74. The minimum Gasteiger partial charge on any atom is -0.314 e. The Hall–Kier alpha value is -0.0400. The van der Waals surface area contributed by atoms with Crippen molar-refractivity contribution in [2.24, 2.45) is 11.3 Å². The van der Waals surface area contributed by atoms with E-state index in [0.717, 1.165) is 18.5 Å². The van der Waals surface area contributed by atoms with Crippen molar-refractivity contribution in [2.45, 2.75) is 71.3 Å². The smallest absolute Gasteiger partial charge is 0.00951 e. The van der Waals surface area contributed by atoms with Crippen LogP contribution in [0.5, 0.6) is 0 Å². The second-order valence-corrected chi connectivity index (χ2v) is 5.85. The lowest BCUT2D eigenvalue weighted by atomic mass is 9.79. The molecule has 2 fully saturated rings. The largest absolute Gasteiger partial charge is 0.314 e. The van der Waals surface area contributed by atoms with Gasteiger partial charge in [-0.05, 0) is 44.1 Å². The summed E-state index contributed by atoms with van der Waals surface area (Å²) in [4.78, 5) is 0. The van der Waals surface area contributed by atoms with E-state index < -0.39 is 0 Å². The van der Waals surface area contributed by atoms with Gasteiger partial charge in [0, 0.05) is 6.04 Å². The fraction of sp³-hybridized carbons (Fsp3) is 1.00. The van der Waals surface area contributed by atoms with Crippen LogP contribution in [0.2, 0.25) is 0 Å². The summed E-state index contributed by atoms with van der Waals surface area (Å²) in [7, 11) is 0. The van der Waals surface area contributed by atoms with Gasteiger partial charge in [0.05, 0.1) is 0 Å². The zero-order valence-corrected chi connectivity index (χ0v) is 10.5. The van der Waals surface area contributed by atoms with Gasteiger partial charge in [0.2, 0.25) is 0 Å². The molecule has 0 aromatic heterocycles. The van der Waals surface area contributed by atoms with Gasteiger partial charge < -0.3 is 5.32 Å². The number of nitrogens with one attached hydrogen (secondary N) is 1. The quantitative estimate of drug-likeness (QED) is 0.727. The first-order valence-electron chi connectivity index (χ1n) is 7.00. The Balaban J connectivity index is 1.81. The maximum absolute atomic E-state index is 3.64. The Morgan fingerprint density at radius 2 is 1.87 bits per heavy atom. The van der Waals surface area contributed by atoms with Crippen LogP contribution in [0.3, 0.4) is 0 Å². The molecule has 2 saturated carbocycles. The predicted molar refractivity (Wildman–Crippen MR) is 66.0 cm³/mol. The van der Waals surface area contributed by atoms with Crippen molar-refractivity contribution >= 4 is 0 Å². The highest BCUT2D eigenvalue weighted by Gasteiger charge is 2.47. The van der Waals surface area contributed by atoms with E-state index in [1.807, 2.05) is 0 Å². The van der Waals surface area contributed by atoms with Crippen LogP contribution in [0.15, 0.2) is 0 Å². The second kappa shape index (κ2) is 4.86. The van der Waals surface area contributed by atoms with E-state index in [2.05, 4.69) is 19.2 Å². The van der Waals surface area contributed by atoms with Gasteiger partial charge in [0.1, 0.15) is 0 Å². The summed E-state index contributed by atoms with van der Waals surface area (Å²) in [5, 5.41) is 3.64. The van der Waals surface area contributed by atoms with Gasteiger partial charge in [0.25, 0.3) is 0 Å². The summed E-state index contributed by atoms with van der Waals surface area (Å²) >= 11 is 0. The molecule has 2 rings (SSSR count). The van der Waals surface area contributed by atoms with Crippen molar-refractivity contribution in [3.05, 3.63) is 0 Å². The summed E-state index contributed by atoms with van der Waals surface area (Å²) in [5.41, 5.74) is 0.706. The first kappa shape index (κ1) is 11.4. The monoisotopic (exact) mass is 209 g/mol. The third kappa shape index (κ3) is 2.75. The third-order valence-electron chi connectivity index (χ3n) is 4.74. The van der Waals surface area contributed by atoms with E-state index in [9.17, 15) is 0 Å².